The molecule has 7 heteroatoms. The molecule has 1 aromatic heterocycles. The summed E-state index contributed by atoms with van der Waals surface area (Å²) in [5.41, 5.74) is -2.34. The molecule has 4 N–H and O–H groups in total. The van der Waals surface area contributed by atoms with Crippen LogP contribution in [0.5, 0.6) is 0 Å². The molecular formula is C10H16N2O5. The highest BCUT2D eigenvalue weighted by atomic mass is 16.4. The molecular weight excluding hydrogens is 228 g/mol. The lowest BCUT2D eigenvalue weighted by atomic mass is 9.97. The van der Waals surface area contributed by atoms with Crippen molar-refractivity contribution < 1.29 is 15.3 Å². The molecule has 0 saturated heterocycles. The Bertz CT molecular complexity index is 478. The molecule has 0 saturated carbocycles. The van der Waals surface area contributed by atoms with Crippen LogP contribution in [-0.2, 0) is 13.5 Å². The monoisotopic (exact) mass is 244 g/mol. The Morgan fingerprint density at radius 2 is 1.82 bits per heavy atom. The van der Waals surface area contributed by atoms with Crippen molar-refractivity contribution in [1.82, 2.24) is 9.55 Å². The summed E-state index contributed by atoms with van der Waals surface area (Å²) in [4.78, 5) is 24.9. The number of hydrogen-bond acceptors (Lipinski definition) is 5. The van der Waals surface area contributed by atoms with Gasteiger partial charge in [0.1, 0.15) is 5.60 Å². The van der Waals surface area contributed by atoms with Gasteiger partial charge in [0.25, 0.3) is 5.56 Å². The fourth-order valence-electron chi connectivity index (χ4n) is 1.50. The van der Waals surface area contributed by atoms with Crippen molar-refractivity contribution in [1.29, 1.82) is 0 Å². The quantitative estimate of drug-likeness (QED) is 0.473. The summed E-state index contributed by atoms with van der Waals surface area (Å²) in [6.45, 7) is 0.177. The first kappa shape index (κ1) is 13.6. The first-order chi connectivity index (χ1) is 7.84. The molecule has 0 atom stereocenters. The third-order valence-electron chi connectivity index (χ3n) is 2.79. The molecule has 0 aliphatic carbocycles. The van der Waals surface area contributed by atoms with Crippen LogP contribution in [0.3, 0.4) is 0 Å². The van der Waals surface area contributed by atoms with E-state index in [-0.39, 0.29) is 17.7 Å². The van der Waals surface area contributed by atoms with Gasteiger partial charge in [-0.1, -0.05) is 0 Å². The SMILES string of the molecule is Cc1c(CC(O)(CO)CO)n(C)c(=O)[nH]c1=O. The molecule has 0 fully saturated rings. The van der Waals surface area contributed by atoms with Gasteiger partial charge in [0, 0.05) is 24.7 Å². The van der Waals surface area contributed by atoms with Crippen molar-refractivity contribution in [3.63, 3.8) is 0 Å². The highest BCUT2D eigenvalue weighted by Gasteiger charge is 2.28. The Kier molecular flexibility index (Phi) is 3.87. The Morgan fingerprint density at radius 3 is 2.29 bits per heavy atom. The van der Waals surface area contributed by atoms with Crippen molar-refractivity contribution >= 4 is 0 Å². The summed E-state index contributed by atoms with van der Waals surface area (Å²) in [6.07, 6.45) is -0.179. The van der Waals surface area contributed by atoms with E-state index >= 15 is 0 Å². The van der Waals surface area contributed by atoms with Crippen LogP contribution in [0.1, 0.15) is 11.3 Å². The second-order valence-electron chi connectivity index (χ2n) is 4.11. The highest BCUT2D eigenvalue weighted by Crippen LogP contribution is 2.12. The molecule has 96 valence electrons. The number of hydrogen-bond donors (Lipinski definition) is 4. The normalized spacial score (nSPS) is 11.8. The van der Waals surface area contributed by atoms with E-state index in [1.165, 1.54) is 18.5 Å². The zero-order chi connectivity index (χ0) is 13.2. The molecule has 0 aliphatic rings. The molecule has 1 rings (SSSR count). The topological polar surface area (TPSA) is 116 Å². The largest absolute Gasteiger partial charge is 0.393 e. The van der Waals surface area contributed by atoms with Crippen LogP contribution < -0.4 is 11.2 Å². The molecule has 0 aromatic carbocycles. The smallest absolute Gasteiger partial charge is 0.328 e. The minimum Gasteiger partial charge on any atom is -0.393 e. The molecule has 0 radical (unpaired) electrons. The number of aliphatic hydroxyl groups excluding tert-OH is 2. The summed E-state index contributed by atoms with van der Waals surface area (Å²) in [7, 11) is 1.44. The summed E-state index contributed by atoms with van der Waals surface area (Å²) in [5.74, 6) is 0. The first-order valence-corrected chi connectivity index (χ1v) is 5.07. The van der Waals surface area contributed by atoms with Crippen LogP contribution in [0.25, 0.3) is 0 Å². The van der Waals surface area contributed by atoms with Crippen LogP contribution in [0.15, 0.2) is 9.59 Å². The van der Waals surface area contributed by atoms with Gasteiger partial charge in [0.15, 0.2) is 0 Å². The number of aliphatic hydroxyl groups is 3. The summed E-state index contributed by atoms with van der Waals surface area (Å²) in [6, 6.07) is 0. The number of aromatic nitrogens is 2. The average molecular weight is 244 g/mol. The van der Waals surface area contributed by atoms with Gasteiger partial charge in [-0.2, -0.15) is 0 Å². The van der Waals surface area contributed by atoms with Gasteiger partial charge in [-0.15, -0.1) is 0 Å². The maximum Gasteiger partial charge on any atom is 0.328 e. The third kappa shape index (κ3) is 2.63. The first-order valence-electron chi connectivity index (χ1n) is 5.07. The van der Waals surface area contributed by atoms with Gasteiger partial charge in [-0.25, -0.2) is 4.79 Å². The van der Waals surface area contributed by atoms with Gasteiger partial charge in [-0.05, 0) is 6.92 Å². The van der Waals surface area contributed by atoms with Crippen LogP contribution in [0, 0.1) is 6.92 Å². The average Bonchev–Trinajstić information content (AvgIpc) is 2.32. The van der Waals surface area contributed by atoms with Gasteiger partial charge >= 0.3 is 5.69 Å². The molecule has 1 aromatic rings. The van der Waals surface area contributed by atoms with Crippen LogP contribution in [0.2, 0.25) is 0 Å². The summed E-state index contributed by atoms with van der Waals surface area (Å²) < 4.78 is 1.17. The van der Waals surface area contributed by atoms with E-state index in [1.54, 1.807) is 0 Å². The number of nitrogens with one attached hydrogen (secondary N) is 1. The maximum absolute atomic E-state index is 11.4. The zero-order valence-electron chi connectivity index (χ0n) is 9.73. The van der Waals surface area contributed by atoms with Gasteiger partial charge in [-0.3, -0.25) is 9.78 Å². The molecule has 17 heavy (non-hydrogen) atoms. The van der Waals surface area contributed by atoms with Crippen molar-refractivity contribution in [3.8, 4) is 0 Å². The summed E-state index contributed by atoms with van der Waals surface area (Å²) in [5, 5.41) is 27.8. The Balaban J connectivity index is 3.33. The minimum atomic E-state index is -1.75. The molecule has 0 amide bonds. The number of rotatable bonds is 4. The van der Waals surface area contributed by atoms with Crippen molar-refractivity contribution in [2.24, 2.45) is 7.05 Å². The lowest BCUT2D eigenvalue weighted by Crippen LogP contribution is -2.43. The Labute approximate surface area is 97.0 Å². The van der Waals surface area contributed by atoms with Gasteiger partial charge in [0.05, 0.1) is 13.2 Å². The van der Waals surface area contributed by atoms with E-state index < -0.39 is 30.1 Å². The number of aromatic amines is 1. The maximum atomic E-state index is 11.4. The number of H-pyrrole nitrogens is 1. The lowest BCUT2D eigenvalue weighted by molar-refractivity contribution is -0.0552. The van der Waals surface area contributed by atoms with Crippen molar-refractivity contribution in [3.05, 3.63) is 32.1 Å². The van der Waals surface area contributed by atoms with Gasteiger partial charge in [0.2, 0.25) is 0 Å². The molecule has 0 aliphatic heterocycles. The predicted octanol–water partition coefficient (Wildman–Crippen LogP) is -2.36. The van der Waals surface area contributed by atoms with E-state index in [2.05, 4.69) is 4.98 Å². The molecule has 0 unspecified atom stereocenters. The predicted molar refractivity (Wildman–Crippen MR) is 59.9 cm³/mol. The Hall–Kier alpha value is -1.44. The fraction of sp³-hybridized carbons (Fsp3) is 0.600. The van der Waals surface area contributed by atoms with Crippen molar-refractivity contribution in [2.45, 2.75) is 18.9 Å². The summed E-state index contributed by atoms with van der Waals surface area (Å²) >= 11 is 0. The highest BCUT2D eigenvalue weighted by molar-refractivity contribution is 5.18. The molecule has 1 heterocycles. The third-order valence-corrected chi connectivity index (χ3v) is 2.79. The second kappa shape index (κ2) is 4.82. The van der Waals surface area contributed by atoms with Crippen molar-refractivity contribution in [2.75, 3.05) is 13.2 Å². The van der Waals surface area contributed by atoms with Gasteiger partial charge < -0.3 is 19.9 Å². The van der Waals surface area contributed by atoms with E-state index in [0.717, 1.165) is 0 Å². The van der Waals surface area contributed by atoms with E-state index in [0.29, 0.717) is 0 Å². The zero-order valence-corrected chi connectivity index (χ0v) is 9.73. The second-order valence-corrected chi connectivity index (χ2v) is 4.11. The molecule has 0 bridgehead atoms. The van der Waals surface area contributed by atoms with E-state index in [9.17, 15) is 14.7 Å². The van der Waals surface area contributed by atoms with Crippen LogP contribution >= 0.6 is 0 Å². The van der Waals surface area contributed by atoms with Crippen LogP contribution in [0.4, 0.5) is 0 Å². The lowest BCUT2D eigenvalue weighted by Gasteiger charge is -2.24. The fourth-order valence-corrected chi connectivity index (χ4v) is 1.50. The molecule has 7 nitrogen and oxygen atoms in total. The standard InChI is InChI=1S/C10H16N2O5/c1-6-7(3-10(17,4-13)5-14)12(2)9(16)11-8(6)15/h13-14,17H,3-5H2,1-2H3,(H,11,15,16). The molecule has 0 spiro atoms. The van der Waals surface area contributed by atoms with Crippen LogP contribution in [-0.4, -0.2) is 43.7 Å². The minimum absolute atomic E-state index is 0.179. The van der Waals surface area contributed by atoms with E-state index in [1.807, 2.05) is 0 Å². The Morgan fingerprint density at radius 1 is 1.29 bits per heavy atom. The number of nitrogens with zero attached hydrogens (tertiary/aromatic N) is 1. The van der Waals surface area contributed by atoms with E-state index in [4.69, 9.17) is 10.2 Å².